The highest BCUT2D eigenvalue weighted by Crippen LogP contribution is 2.17. The SMILES string of the molecule is Cc1cn2c(C/C(N)=N/O)cnc2s1. The second-order valence-electron chi connectivity index (χ2n) is 3.01. The highest BCUT2D eigenvalue weighted by Gasteiger charge is 2.07. The number of hydrogen-bond donors (Lipinski definition) is 2. The summed E-state index contributed by atoms with van der Waals surface area (Å²) < 4.78 is 1.96. The van der Waals surface area contributed by atoms with Crippen molar-refractivity contribution in [3.63, 3.8) is 0 Å². The number of amidine groups is 1. The summed E-state index contributed by atoms with van der Waals surface area (Å²) in [7, 11) is 0. The van der Waals surface area contributed by atoms with E-state index in [4.69, 9.17) is 10.9 Å². The third kappa shape index (κ3) is 1.44. The van der Waals surface area contributed by atoms with Gasteiger partial charge in [0, 0.05) is 11.1 Å². The Kier molecular flexibility index (Phi) is 2.12. The van der Waals surface area contributed by atoms with Crippen LogP contribution in [-0.2, 0) is 6.42 Å². The molecule has 0 aliphatic rings. The summed E-state index contributed by atoms with van der Waals surface area (Å²) in [6, 6.07) is 0. The third-order valence-corrected chi connectivity index (χ3v) is 2.81. The van der Waals surface area contributed by atoms with Gasteiger partial charge < -0.3 is 10.9 Å². The summed E-state index contributed by atoms with van der Waals surface area (Å²) in [4.78, 5) is 6.34. The van der Waals surface area contributed by atoms with E-state index in [9.17, 15) is 0 Å². The van der Waals surface area contributed by atoms with E-state index in [1.807, 2.05) is 17.5 Å². The lowest BCUT2D eigenvalue weighted by molar-refractivity contribution is 0.317. The van der Waals surface area contributed by atoms with E-state index in [0.717, 1.165) is 10.7 Å². The molecule has 0 saturated carbocycles. The van der Waals surface area contributed by atoms with Gasteiger partial charge in [-0.1, -0.05) is 5.16 Å². The maximum absolute atomic E-state index is 8.45. The van der Waals surface area contributed by atoms with Gasteiger partial charge in [-0.05, 0) is 6.92 Å². The van der Waals surface area contributed by atoms with Crippen LogP contribution >= 0.6 is 11.3 Å². The van der Waals surface area contributed by atoms with Crippen LogP contribution in [0.2, 0.25) is 0 Å². The Balaban J connectivity index is 2.42. The molecule has 0 aliphatic heterocycles. The average molecular weight is 210 g/mol. The van der Waals surface area contributed by atoms with E-state index in [1.54, 1.807) is 17.5 Å². The maximum Gasteiger partial charge on any atom is 0.194 e. The van der Waals surface area contributed by atoms with Crippen LogP contribution < -0.4 is 5.73 Å². The fourth-order valence-corrected chi connectivity index (χ4v) is 2.11. The number of nitrogens with zero attached hydrogens (tertiary/aromatic N) is 3. The van der Waals surface area contributed by atoms with Gasteiger partial charge in [-0.25, -0.2) is 4.98 Å². The summed E-state index contributed by atoms with van der Waals surface area (Å²) in [6.45, 7) is 2.02. The maximum atomic E-state index is 8.45. The van der Waals surface area contributed by atoms with Crippen molar-refractivity contribution >= 4 is 22.1 Å². The molecule has 3 N–H and O–H groups in total. The molecule has 5 nitrogen and oxygen atoms in total. The molecule has 6 heteroatoms. The van der Waals surface area contributed by atoms with Gasteiger partial charge in [0.15, 0.2) is 4.96 Å². The van der Waals surface area contributed by atoms with Gasteiger partial charge in [-0.3, -0.25) is 4.40 Å². The number of imidazole rings is 1. The van der Waals surface area contributed by atoms with Gasteiger partial charge in [0.2, 0.25) is 0 Å². The van der Waals surface area contributed by atoms with Crippen LogP contribution in [0.5, 0.6) is 0 Å². The molecule has 0 atom stereocenters. The number of thiazole rings is 1. The van der Waals surface area contributed by atoms with Crippen LogP contribution in [-0.4, -0.2) is 20.4 Å². The Morgan fingerprint density at radius 1 is 1.79 bits per heavy atom. The largest absolute Gasteiger partial charge is 0.409 e. The molecular formula is C8H10N4OS. The van der Waals surface area contributed by atoms with E-state index in [-0.39, 0.29) is 5.84 Å². The summed E-state index contributed by atoms with van der Waals surface area (Å²) in [6.07, 6.45) is 4.14. The molecule has 2 aromatic heterocycles. The second kappa shape index (κ2) is 3.30. The molecule has 0 fully saturated rings. The quantitative estimate of drug-likeness (QED) is 0.336. The fourth-order valence-electron chi connectivity index (χ4n) is 1.29. The molecule has 0 amide bonds. The first-order chi connectivity index (χ1) is 6.70. The van der Waals surface area contributed by atoms with Gasteiger partial charge >= 0.3 is 0 Å². The molecular weight excluding hydrogens is 200 g/mol. The molecule has 74 valence electrons. The number of nitrogens with two attached hydrogens (primary N) is 1. The molecule has 0 aliphatic carbocycles. The molecule has 2 rings (SSSR count). The number of aromatic nitrogens is 2. The smallest absolute Gasteiger partial charge is 0.194 e. The van der Waals surface area contributed by atoms with Gasteiger partial charge in [0.1, 0.15) is 5.84 Å². The van der Waals surface area contributed by atoms with Crippen molar-refractivity contribution < 1.29 is 5.21 Å². The normalized spacial score (nSPS) is 12.5. The van der Waals surface area contributed by atoms with Gasteiger partial charge in [0.05, 0.1) is 18.3 Å². The monoisotopic (exact) mass is 210 g/mol. The van der Waals surface area contributed by atoms with E-state index in [0.29, 0.717) is 6.42 Å². The predicted octanol–water partition coefficient (Wildman–Crippen LogP) is 0.993. The zero-order chi connectivity index (χ0) is 10.1. The van der Waals surface area contributed by atoms with Gasteiger partial charge in [-0.15, -0.1) is 11.3 Å². The fraction of sp³-hybridized carbons (Fsp3) is 0.250. The second-order valence-corrected chi connectivity index (χ2v) is 4.23. The van der Waals surface area contributed by atoms with Gasteiger partial charge in [0.25, 0.3) is 0 Å². The van der Waals surface area contributed by atoms with Crippen molar-refractivity contribution in [1.82, 2.24) is 9.38 Å². The van der Waals surface area contributed by atoms with E-state index < -0.39 is 0 Å². The van der Waals surface area contributed by atoms with E-state index in [1.165, 1.54) is 4.88 Å². The van der Waals surface area contributed by atoms with Crippen LogP contribution in [0.1, 0.15) is 10.6 Å². The lowest BCUT2D eigenvalue weighted by atomic mass is 10.3. The number of rotatable bonds is 2. The van der Waals surface area contributed by atoms with Crippen LogP contribution in [0.15, 0.2) is 17.5 Å². The standard InChI is InChI=1S/C8H10N4OS/c1-5-4-12-6(2-7(9)11-13)3-10-8(12)14-5/h3-4,13H,2H2,1H3,(H2,9,11). The van der Waals surface area contributed by atoms with Crippen LogP contribution in [0.4, 0.5) is 0 Å². The van der Waals surface area contributed by atoms with E-state index in [2.05, 4.69) is 10.1 Å². The highest BCUT2D eigenvalue weighted by atomic mass is 32.1. The van der Waals surface area contributed by atoms with Crippen molar-refractivity contribution in [1.29, 1.82) is 0 Å². The van der Waals surface area contributed by atoms with Crippen LogP contribution in [0.25, 0.3) is 4.96 Å². The minimum Gasteiger partial charge on any atom is -0.409 e. The zero-order valence-corrected chi connectivity index (χ0v) is 8.45. The molecule has 0 unspecified atom stereocenters. The topological polar surface area (TPSA) is 75.9 Å². The number of aryl methyl sites for hydroxylation is 1. The Labute approximate surface area is 84.5 Å². The summed E-state index contributed by atoms with van der Waals surface area (Å²) >= 11 is 1.62. The summed E-state index contributed by atoms with van der Waals surface area (Å²) in [5, 5.41) is 11.4. The molecule has 2 aromatic rings. The zero-order valence-electron chi connectivity index (χ0n) is 7.64. The van der Waals surface area contributed by atoms with Crippen molar-refractivity contribution in [2.75, 3.05) is 0 Å². The minimum atomic E-state index is 0.190. The minimum absolute atomic E-state index is 0.190. The van der Waals surface area contributed by atoms with Crippen molar-refractivity contribution in [2.45, 2.75) is 13.3 Å². The number of fused-ring (bicyclic) bond motifs is 1. The Morgan fingerprint density at radius 3 is 3.29 bits per heavy atom. The Hall–Kier alpha value is -1.56. The average Bonchev–Trinajstić information content (AvgIpc) is 2.67. The van der Waals surface area contributed by atoms with E-state index >= 15 is 0 Å². The van der Waals surface area contributed by atoms with Crippen molar-refractivity contribution in [3.8, 4) is 0 Å². The first kappa shape index (κ1) is 9.01. The van der Waals surface area contributed by atoms with Crippen LogP contribution in [0.3, 0.4) is 0 Å². The molecule has 0 radical (unpaired) electrons. The molecule has 0 aromatic carbocycles. The highest BCUT2D eigenvalue weighted by molar-refractivity contribution is 7.16. The molecule has 0 spiro atoms. The number of hydrogen-bond acceptors (Lipinski definition) is 4. The van der Waals surface area contributed by atoms with Crippen LogP contribution in [0, 0.1) is 6.92 Å². The lowest BCUT2D eigenvalue weighted by Gasteiger charge is -1.95. The van der Waals surface area contributed by atoms with Crippen molar-refractivity contribution in [2.24, 2.45) is 10.9 Å². The predicted molar refractivity (Wildman–Crippen MR) is 54.9 cm³/mol. The first-order valence-corrected chi connectivity index (χ1v) is 4.91. The Bertz CT molecular complexity index is 484. The summed E-state index contributed by atoms with van der Waals surface area (Å²) in [5.74, 6) is 0.190. The van der Waals surface area contributed by atoms with Crippen molar-refractivity contribution in [3.05, 3.63) is 23.0 Å². The third-order valence-electron chi connectivity index (χ3n) is 1.89. The molecule has 14 heavy (non-hydrogen) atoms. The van der Waals surface area contributed by atoms with Gasteiger partial charge in [-0.2, -0.15) is 0 Å². The first-order valence-electron chi connectivity index (χ1n) is 4.09. The molecule has 2 heterocycles. The molecule has 0 saturated heterocycles. The Morgan fingerprint density at radius 2 is 2.57 bits per heavy atom. The number of oxime groups is 1. The summed E-state index contributed by atoms with van der Waals surface area (Å²) in [5.41, 5.74) is 6.35. The lowest BCUT2D eigenvalue weighted by Crippen LogP contribution is -2.15. The molecule has 0 bridgehead atoms.